The molecule has 4 nitrogen and oxygen atoms in total. The minimum Gasteiger partial charge on any atom is -0.475 e. The molecule has 1 aliphatic heterocycles. The zero-order valence-corrected chi connectivity index (χ0v) is 9.24. The topological polar surface area (TPSA) is 63.6 Å². The molecule has 2 rings (SSSR count). The van der Waals surface area contributed by atoms with Crippen LogP contribution in [0.5, 0.6) is 0 Å². The fourth-order valence-electron chi connectivity index (χ4n) is 1.71. The van der Waals surface area contributed by atoms with Crippen LogP contribution >= 0.6 is 0 Å². The molecule has 0 aliphatic carbocycles. The number of ether oxygens (including phenoxy) is 1. The van der Waals surface area contributed by atoms with Crippen molar-refractivity contribution in [3.05, 3.63) is 47.2 Å². The summed E-state index contributed by atoms with van der Waals surface area (Å²) in [5, 5.41) is 8.72. The van der Waals surface area contributed by atoms with Gasteiger partial charge in [0.15, 0.2) is 5.60 Å². The Labute approximate surface area is 100 Å². The van der Waals surface area contributed by atoms with Gasteiger partial charge in [0, 0.05) is 11.6 Å². The lowest BCUT2D eigenvalue weighted by Gasteiger charge is -2.23. The predicted molar refractivity (Wildman–Crippen MR) is 55.5 cm³/mol. The summed E-state index contributed by atoms with van der Waals surface area (Å²) in [6, 6.07) is 2.56. The van der Waals surface area contributed by atoms with Crippen molar-refractivity contribution in [3.8, 4) is 0 Å². The molecule has 0 amide bonds. The second kappa shape index (κ2) is 3.90. The maximum Gasteiger partial charge on any atom is 0.371 e. The lowest BCUT2D eigenvalue weighted by Crippen LogP contribution is -2.31. The molecule has 1 aromatic rings. The molecule has 6 heteroatoms. The predicted octanol–water partition coefficient (Wildman–Crippen LogP) is 1.75. The number of hydrogen-bond acceptors (Lipinski definition) is 3. The number of carbonyl (C=O) groups excluding carboxylic acids is 1. The van der Waals surface area contributed by atoms with Crippen molar-refractivity contribution >= 4 is 11.8 Å². The number of ketones is 1. The lowest BCUT2D eigenvalue weighted by molar-refractivity contribution is -0.141. The molecule has 1 aromatic carbocycles. The summed E-state index contributed by atoms with van der Waals surface area (Å²) in [5.41, 5.74) is -2.18. The Balaban J connectivity index is 2.49. The minimum atomic E-state index is -1.85. The molecule has 1 unspecified atom stereocenters. The minimum absolute atomic E-state index is 0.333. The van der Waals surface area contributed by atoms with E-state index in [1.54, 1.807) is 0 Å². The number of benzene rings is 1. The standard InChI is InChI=1S/C12H8F2O4/c1-12(7-4-6(13)2-3-8(7)14)10(15)5-9(18-12)11(16)17/h2-5H,1H3,(H,16,17). The van der Waals surface area contributed by atoms with Crippen molar-refractivity contribution in [2.24, 2.45) is 0 Å². The van der Waals surface area contributed by atoms with Crippen LogP contribution in [0.2, 0.25) is 0 Å². The molecule has 0 aromatic heterocycles. The third kappa shape index (κ3) is 1.75. The first-order valence-corrected chi connectivity index (χ1v) is 4.98. The Morgan fingerprint density at radius 3 is 2.61 bits per heavy atom. The molecule has 18 heavy (non-hydrogen) atoms. The van der Waals surface area contributed by atoms with Crippen molar-refractivity contribution in [1.29, 1.82) is 0 Å². The van der Waals surface area contributed by atoms with E-state index < -0.39 is 34.7 Å². The third-order valence-electron chi connectivity index (χ3n) is 2.70. The molecule has 0 spiro atoms. The summed E-state index contributed by atoms with van der Waals surface area (Å²) in [6.07, 6.45) is 0.757. The number of carboxylic acids is 1. The van der Waals surface area contributed by atoms with Gasteiger partial charge in [-0.25, -0.2) is 13.6 Å². The summed E-state index contributed by atoms with van der Waals surface area (Å²) in [6.45, 7) is 1.19. The van der Waals surface area contributed by atoms with Crippen LogP contribution in [0.3, 0.4) is 0 Å². The average molecular weight is 254 g/mol. The van der Waals surface area contributed by atoms with E-state index in [1.165, 1.54) is 6.92 Å². The Morgan fingerprint density at radius 2 is 2.06 bits per heavy atom. The fraction of sp³-hybridized carbons (Fsp3) is 0.167. The van der Waals surface area contributed by atoms with Gasteiger partial charge in [0.2, 0.25) is 11.5 Å². The van der Waals surface area contributed by atoms with E-state index in [9.17, 15) is 18.4 Å². The number of carbonyl (C=O) groups is 2. The highest BCUT2D eigenvalue weighted by Crippen LogP contribution is 2.36. The Morgan fingerprint density at radius 1 is 1.39 bits per heavy atom. The van der Waals surface area contributed by atoms with E-state index in [2.05, 4.69) is 0 Å². The summed E-state index contributed by atoms with van der Waals surface area (Å²) in [7, 11) is 0. The largest absolute Gasteiger partial charge is 0.475 e. The van der Waals surface area contributed by atoms with E-state index in [1.807, 2.05) is 0 Å². The zero-order valence-electron chi connectivity index (χ0n) is 9.24. The molecular weight excluding hydrogens is 246 g/mol. The second-order valence-corrected chi connectivity index (χ2v) is 3.94. The van der Waals surface area contributed by atoms with Crippen LogP contribution < -0.4 is 0 Å². The normalized spacial score (nSPS) is 22.6. The number of aliphatic carboxylic acids is 1. The number of hydrogen-bond donors (Lipinski definition) is 1. The van der Waals surface area contributed by atoms with Crippen LogP contribution in [0.25, 0.3) is 0 Å². The van der Waals surface area contributed by atoms with Crippen LogP contribution in [0.4, 0.5) is 8.78 Å². The van der Waals surface area contributed by atoms with Gasteiger partial charge >= 0.3 is 5.97 Å². The average Bonchev–Trinajstić information content (AvgIpc) is 2.60. The molecule has 0 saturated carbocycles. The van der Waals surface area contributed by atoms with Gasteiger partial charge in [-0.3, -0.25) is 4.79 Å². The number of rotatable bonds is 2. The monoisotopic (exact) mass is 254 g/mol. The van der Waals surface area contributed by atoms with E-state index >= 15 is 0 Å². The molecule has 0 bridgehead atoms. The molecule has 0 radical (unpaired) electrons. The smallest absolute Gasteiger partial charge is 0.371 e. The maximum absolute atomic E-state index is 13.6. The first kappa shape index (κ1) is 12.2. The molecule has 1 N–H and O–H groups in total. The van der Waals surface area contributed by atoms with Crippen LogP contribution in [0.1, 0.15) is 12.5 Å². The highest BCUT2D eigenvalue weighted by Gasteiger charge is 2.45. The molecule has 1 atom stereocenters. The van der Waals surface area contributed by atoms with Crippen LogP contribution in [0.15, 0.2) is 30.0 Å². The first-order valence-electron chi connectivity index (χ1n) is 4.98. The van der Waals surface area contributed by atoms with E-state index in [-0.39, 0.29) is 5.56 Å². The zero-order chi connectivity index (χ0) is 13.5. The van der Waals surface area contributed by atoms with Gasteiger partial charge in [-0.1, -0.05) is 0 Å². The van der Waals surface area contributed by atoms with Gasteiger partial charge in [-0.2, -0.15) is 0 Å². The molecule has 1 heterocycles. The van der Waals surface area contributed by atoms with Crippen LogP contribution in [0, 0.1) is 11.6 Å². The fourth-order valence-corrected chi connectivity index (χ4v) is 1.71. The third-order valence-corrected chi connectivity index (χ3v) is 2.70. The SMILES string of the molecule is CC1(c2cc(F)ccc2F)OC(C(=O)O)=CC1=O. The summed E-state index contributed by atoms with van der Waals surface area (Å²) >= 11 is 0. The van der Waals surface area contributed by atoms with Crippen LogP contribution in [-0.2, 0) is 19.9 Å². The van der Waals surface area contributed by atoms with Gasteiger partial charge in [0.25, 0.3) is 0 Å². The molecule has 94 valence electrons. The molecule has 0 saturated heterocycles. The van der Waals surface area contributed by atoms with Crippen molar-refractivity contribution in [1.82, 2.24) is 0 Å². The summed E-state index contributed by atoms with van der Waals surface area (Å²) in [4.78, 5) is 22.4. The van der Waals surface area contributed by atoms with Crippen LogP contribution in [-0.4, -0.2) is 16.9 Å². The van der Waals surface area contributed by atoms with Gasteiger partial charge in [0.05, 0.1) is 0 Å². The Hall–Kier alpha value is -2.24. The van der Waals surface area contributed by atoms with E-state index in [0.29, 0.717) is 0 Å². The Kier molecular flexibility index (Phi) is 2.65. The summed E-state index contributed by atoms with van der Waals surface area (Å²) < 4.78 is 31.6. The van der Waals surface area contributed by atoms with Gasteiger partial charge < -0.3 is 9.84 Å². The molecular formula is C12H8F2O4. The van der Waals surface area contributed by atoms with Gasteiger partial charge in [-0.15, -0.1) is 0 Å². The number of halogens is 2. The number of carboxylic acid groups (broad SMARTS) is 1. The Bertz CT molecular complexity index is 579. The molecule has 0 fully saturated rings. The lowest BCUT2D eigenvalue weighted by atomic mass is 9.92. The second-order valence-electron chi connectivity index (χ2n) is 3.94. The van der Waals surface area contributed by atoms with E-state index in [4.69, 9.17) is 9.84 Å². The highest BCUT2D eigenvalue weighted by molar-refractivity contribution is 6.05. The van der Waals surface area contributed by atoms with Crippen molar-refractivity contribution in [2.75, 3.05) is 0 Å². The quantitative estimate of drug-likeness (QED) is 0.873. The van der Waals surface area contributed by atoms with Gasteiger partial charge in [-0.05, 0) is 25.1 Å². The van der Waals surface area contributed by atoms with Crippen molar-refractivity contribution < 1.29 is 28.2 Å². The first-order chi connectivity index (χ1) is 8.34. The van der Waals surface area contributed by atoms with E-state index in [0.717, 1.165) is 24.3 Å². The van der Waals surface area contributed by atoms with Gasteiger partial charge in [0.1, 0.15) is 11.6 Å². The maximum atomic E-state index is 13.6. The molecule has 1 aliphatic rings. The van der Waals surface area contributed by atoms with Crippen molar-refractivity contribution in [3.63, 3.8) is 0 Å². The van der Waals surface area contributed by atoms with Crippen molar-refractivity contribution in [2.45, 2.75) is 12.5 Å². The summed E-state index contributed by atoms with van der Waals surface area (Å²) in [5.74, 6) is -4.36. The highest BCUT2D eigenvalue weighted by atomic mass is 19.1.